The summed E-state index contributed by atoms with van der Waals surface area (Å²) in [7, 11) is 0. The molecule has 6 nitrogen and oxygen atoms in total. The van der Waals surface area contributed by atoms with Gasteiger partial charge in [-0.15, -0.1) is 15.3 Å². The maximum atomic E-state index is 4.57. The molecule has 3 aromatic rings. The van der Waals surface area contributed by atoms with Crippen molar-refractivity contribution >= 4 is 11.5 Å². The molecule has 0 saturated carbocycles. The molecule has 1 aromatic carbocycles. The van der Waals surface area contributed by atoms with E-state index in [0.29, 0.717) is 5.92 Å². The van der Waals surface area contributed by atoms with Crippen LogP contribution in [0.5, 0.6) is 0 Å². The van der Waals surface area contributed by atoms with Crippen molar-refractivity contribution in [2.24, 2.45) is 5.92 Å². The second kappa shape index (κ2) is 7.41. The van der Waals surface area contributed by atoms with E-state index in [2.05, 4.69) is 56.7 Å². The normalized spacial score (nSPS) is 16.2. The summed E-state index contributed by atoms with van der Waals surface area (Å²) in [6.45, 7) is 8.41. The molecule has 0 radical (unpaired) electrons. The van der Waals surface area contributed by atoms with Crippen molar-refractivity contribution in [2.45, 2.75) is 33.2 Å². The molecule has 3 heterocycles. The van der Waals surface area contributed by atoms with Crippen LogP contribution < -0.4 is 5.32 Å². The first kappa shape index (κ1) is 17.0. The van der Waals surface area contributed by atoms with Gasteiger partial charge in [0.15, 0.2) is 11.5 Å². The number of aryl methyl sites for hydroxylation is 2. The first-order valence-corrected chi connectivity index (χ1v) is 9.38. The molecular weight excluding hydrogens is 324 g/mol. The summed E-state index contributed by atoms with van der Waals surface area (Å²) >= 11 is 0. The minimum absolute atomic E-state index is 0.698. The van der Waals surface area contributed by atoms with Crippen molar-refractivity contribution in [1.82, 2.24) is 24.7 Å². The number of rotatable bonds is 5. The van der Waals surface area contributed by atoms with Crippen molar-refractivity contribution in [3.05, 3.63) is 53.3 Å². The van der Waals surface area contributed by atoms with Crippen LogP contribution in [0.2, 0.25) is 0 Å². The minimum Gasteiger partial charge on any atom is -0.368 e. The van der Waals surface area contributed by atoms with Gasteiger partial charge >= 0.3 is 0 Å². The summed E-state index contributed by atoms with van der Waals surface area (Å²) in [6, 6.07) is 12.8. The third-order valence-electron chi connectivity index (χ3n) is 5.22. The lowest BCUT2D eigenvalue weighted by Crippen LogP contribution is -2.35. The Balaban J connectivity index is 1.26. The highest BCUT2D eigenvalue weighted by atomic mass is 15.4. The molecule has 136 valence electrons. The molecular formula is C20H26N6. The summed E-state index contributed by atoms with van der Waals surface area (Å²) in [5.41, 5.74) is 3.53. The molecule has 1 saturated heterocycles. The Morgan fingerprint density at radius 3 is 2.54 bits per heavy atom. The molecule has 4 rings (SSSR count). The molecule has 2 aromatic heterocycles. The van der Waals surface area contributed by atoms with E-state index in [4.69, 9.17) is 0 Å². The van der Waals surface area contributed by atoms with Gasteiger partial charge in [-0.25, -0.2) is 0 Å². The van der Waals surface area contributed by atoms with Gasteiger partial charge in [0.1, 0.15) is 5.82 Å². The zero-order chi connectivity index (χ0) is 17.9. The summed E-state index contributed by atoms with van der Waals surface area (Å²) in [6.07, 6.45) is 2.46. The van der Waals surface area contributed by atoms with Crippen molar-refractivity contribution in [3.8, 4) is 0 Å². The van der Waals surface area contributed by atoms with Crippen molar-refractivity contribution < 1.29 is 0 Å². The average Bonchev–Trinajstić information content (AvgIpc) is 3.04. The van der Waals surface area contributed by atoms with Gasteiger partial charge in [-0.3, -0.25) is 4.90 Å². The van der Waals surface area contributed by atoms with Crippen LogP contribution in [0.4, 0.5) is 5.82 Å². The van der Waals surface area contributed by atoms with Crippen molar-refractivity contribution in [1.29, 1.82) is 0 Å². The van der Waals surface area contributed by atoms with E-state index in [1.807, 2.05) is 19.1 Å². The number of hydrogen-bond acceptors (Lipinski definition) is 5. The highest BCUT2D eigenvalue weighted by molar-refractivity contribution is 5.43. The van der Waals surface area contributed by atoms with Crippen LogP contribution in [0.1, 0.15) is 29.8 Å². The molecule has 1 fully saturated rings. The van der Waals surface area contributed by atoms with Gasteiger partial charge in [-0.1, -0.05) is 29.8 Å². The highest BCUT2D eigenvalue weighted by Gasteiger charge is 2.19. The number of likely N-dealkylation sites (tertiary alicyclic amines) is 1. The van der Waals surface area contributed by atoms with Crippen molar-refractivity contribution in [2.75, 3.05) is 25.0 Å². The van der Waals surface area contributed by atoms with E-state index < -0.39 is 0 Å². The van der Waals surface area contributed by atoms with E-state index in [-0.39, 0.29) is 0 Å². The van der Waals surface area contributed by atoms with Crippen LogP contribution in [0, 0.1) is 19.8 Å². The number of nitrogens with zero attached hydrogens (tertiary/aromatic N) is 5. The van der Waals surface area contributed by atoms with E-state index in [1.165, 1.54) is 24.0 Å². The van der Waals surface area contributed by atoms with E-state index in [9.17, 15) is 0 Å². The Kier molecular flexibility index (Phi) is 4.84. The van der Waals surface area contributed by atoms with E-state index >= 15 is 0 Å². The largest absolute Gasteiger partial charge is 0.368 e. The predicted molar refractivity (Wildman–Crippen MR) is 103 cm³/mol. The number of aromatic nitrogens is 4. The first-order chi connectivity index (χ1) is 12.7. The lowest BCUT2D eigenvalue weighted by Gasteiger charge is -2.32. The zero-order valence-electron chi connectivity index (χ0n) is 15.5. The van der Waals surface area contributed by atoms with Crippen molar-refractivity contribution in [3.63, 3.8) is 0 Å². The maximum absolute atomic E-state index is 4.57. The fourth-order valence-electron chi connectivity index (χ4n) is 3.54. The number of hydrogen-bond donors (Lipinski definition) is 1. The first-order valence-electron chi connectivity index (χ1n) is 9.38. The molecule has 26 heavy (non-hydrogen) atoms. The summed E-state index contributed by atoms with van der Waals surface area (Å²) in [4.78, 5) is 2.56. The average molecular weight is 350 g/mol. The number of anilines is 1. The third kappa shape index (κ3) is 3.85. The van der Waals surface area contributed by atoms with E-state index in [1.54, 1.807) is 4.52 Å². The Morgan fingerprint density at radius 2 is 1.77 bits per heavy atom. The quantitative estimate of drug-likeness (QED) is 0.766. The molecule has 0 spiro atoms. The third-order valence-corrected chi connectivity index (χ3v) is 5.22. The van der Waals surface area contributed by atoms with E-state index in [0.717, 1.165) is 43.5 Å². The fraction of sp³-hybridized carbons (Fsp3) is 0.450. The van der Waals surface area contributed by atoms with Gasteiger partial charge in [0.2, 0.25) is 0 Å². The number of benzene rings is 1. The lowest BCUT2D eigenvalue weighted by atomic mass is 9.96. The standard InChI is InChI=1S/C20H26N6/c1-15-3-5-18(6-4-15)14-25-11-9-17(10-12-25)13-21-19-7-8-20-23-22-16(2)26(20)24-19/h3-8,17H,9-14H2,1-2H3,(H,21,24). The SMILES string of the molecule is Cc1ccc(CN2CCC(CNc3ccc4nnc(C)n4n3)CC2)cc1. The summed E-state index contributed by atoms with van der Waals surface area (Å²) in [5, 5.41) is 16.2. The predicted octanol–water partition coefficient (Wildman–Crippen LogP) is 3.07. The Hall–Kier alpha value is -2.47. The Morgan fingerprint density at radius 1 is 1.00 bits per heavy atom. The molecule has 1 aliphatic rings. The van der Waals surface area contributed by atoms with Crippen LogP contribution in [0.3, 0.4) is 0 Å². The van der Waals surface area contributed by atoms with Gasteiger partial charge in [-0.05, 0) is 63.4 Å². The molecule has 0 atom stereocenters. The van der Waals surface area contributed by atoms with Gasteiger partial charge in [0.05, 0.1) is 0 Å². The molecule has 1 N–H and O–H groups in total. The molecule has 1 aliphatic heterocycles. The molecule has 0 unspecified atom stereocenters. The fourth-order valence-corrected chi connectivity index (χ4v) is 3.54. The minimum atomic E-state index is 0.698. The van der Waals surface area contributed by atoms with Gasteiger partial charge in [0.25, 0.3) is 0 Å². The van der Waals surface area contributed by atoms with Crippen LogP contribution in [-0.4, -0.2) is 44.3 Å². The van der Waals surface area contributed by atoms with Gasteiger partial charge in [-0.2, -0.15) is 4.52 Å². The zero-order valence-corrected chi connectivity index (χ0v) is 15.5. The number of piperidine rings is 1. The lowest BCUT2D eigenvalue weighted by molar-refractivity contribution is 0.182. The van der Waals surface area contributed by atoms with Crippen LogP contribution in [0.25, 0.3) is 5.65 Å². The molecule has 6 heteroatoms. The molecule has 0 aliphatic carbocycles. The van der Waals surface area contributed by atoms with Gasteiger partial charge < -0.3 is 5.32 Å². The summed E-state index contributed by atoms with van der Waals surface area (Å²) < 4.78 is 1.78. The van der Waals surface area contributed by atoms with Crippen LogP contribution >= 0.6 is 0 Å². The summed E-state index contributed by atoms with van der Waals surface area (Å²) in [5.74, 6) is 2.40. The monoisotopic (exact) mass is 350 g/mol. The van der Waals surface area contributed by atoms with Gasteiger partial charge in [0, 0.05) is 13.1 Å². The molecule has 0 amide bonds. The second-order valence-electron chi connectivity index (χ2n) is 7.32. The second-order valence-corrected chi connectivity index (χ2v) is 7.32. The number of fused-ring (bicyclic) bond motifs is 1. The van der Waals surface area contributed by atoms with Crippen LogP contribution in [-0.2, 0) is 6.54 Å². The topological polar surface area (TPSA) is 58.3 Å². The maximum Gasteiger partial charge on any atom is 0.178 e. The Bertz CT molecular complexity index is 862. The number of nitrogens with one attached hydrogen (secondary N) is 1. The highest BCUT2D eigenvalue weighted by Crippen LogP contribution is 2.20. The van der Waals surface area contributed by atoms with Crippen LogP contribution in [0.15, 0.2) is 36.4 Å². The smallest absolute Gasteiger partial charge is 0.178 e. The Labute approximate surface area is 154 Å². The molecule has 0 bridgehead atoms.